The summed E-state index contributed by atoms with van der Waals surface area (Å²) in [5.41, 5.74) is -5.10. The van der Waals surface area contributed by atoms with Crippen LogP contribution in [0.2, 0.25) is 5.21 Å². The van der Waals surface area contributed by atoms with E-state index in [2.05, 4.69) is 15.5 Å². The van der Waals surface area contributed by atoms with Crippen molar-refractivity contribution in [3.05, 3.63) is 64.5 Å². The number of anilines is 1. The van der Waals surface area contributed by atoms with Gasteiger partial charge in [0.15, 0.2) is 0 Å². The number of benzene rings is 2. The average Bonchev–Trinajstić information content (AvgIpc) is 3.16. The van der Waals surface area contributed by atoms with Crippen LogP contribution >= 0.6 is 0 Å². The minimum Gasteiger partial charge on any atom is -0.398 e. The van der Waals surface area contributed by atoms with Gasteiger partial charge in [-0.3, -0.25) is 14.5 Å². The fraction of sp³-hybridized carbons (Fsp3) is 0.464. The number of morpholine rings is 1. The van der Waals surface area contributed by atoms with Crippen LogP contribution in [0, 0.1) is 5.82 Å². The molecule has 3 N–H and O–H groups in total. The monoisotopic (exact) mass is 586 g/mol. The predicted molar refractivity (Wildman–Crippen MR) is 168 cm³/mol. The zero-order valence-electron chi connectivity index (χ0n) is 24.8. The van der Waals surface area contributed by atoms with E-state index < -0.39 is 39.1 Å². The van der Waals surface area contributed by atoms with Crippen molar-refractivity contribution in [3.63, 3.8) is 0 Å². The summed E-state index contributed by atoms with van der Waals surface area (Å²) in [6.45, 7) is 6.04. The topological polar surface area (TPSA) is 111 Å². The molecule has 0 aromatic heterocycles. The van der Waals surface area contributed by atoms with Gasteiger partial charge < -0.3 is 30.2 Å². The number of aldehydes is 1. The van der Waals surface area contributed by atoms with Crippen LogP contribution < -0.4 is 10.6 Å². The third-order valence-corrected chi connectivity index (χ3v) is 8.11. The van der Waals surface area contributed by atoms with Crippen LogP contribution in [-0.2, 0) is 32.8 Å². The normalized spacial score (nSPS) is 22.8. The summed E-state index contributed by atoms with van der Waals surface area (Å²) in [5, 5.41) is 11.2. The zero-order valence-corrected chi connectivity index (χ0v) is 24.8. The standard InChI is InChI=1S/C28H29B6FN4O5/c1-15-11-38(12-16(2)44-15)13-17-7-8-20(35)18(9-17)10-37-21-6-4-5-19-22(21)27(32,33)39(23(19)41)26(31,24(42)36-3)28(34,43)25(29,30)14-40/h4-9,14-16,37,43H,10-13H2,1-3H3,(H,36,42). The Kier molecular flexibility index (Phi) is 9.33. The van der Waals surface area contributed by atoms with Crippen molar-refractivity contribution in [2.24, 2.45) is 0 Å². The molecule has 4 rings (SSSR count). The molecule has 9 nitrogen and oxygen atoms in total. The Labute approximate surface area is 264 Å². The number of halogens is 1. The highest BCUT2D eigenvalue weighted by molar-refractivity contribution is 6.55. The molecule has 1 fully saturated rings. The van der Waals surface area contributed by atoms with Gasteiger partial charge in [-0.05, 0) is 59.8 Å². The van der Waals surface area contributed by atoms with Gasteiger partial charge in [0.25, 0.3) is 5.91 Å². The summed E-state index contributed by atoms with van der Waals surface area (Å²) in [7, 11) is 37.9. The first kappa shape index (κ1) is 33.9. The minimum absolute atomic E-state index is 0.0415. The Morgan fingerprint density at radius 3 is 2.39 bits per heavy atom. The lowest BCUT2D eigenvalue weighted by molar-refractivity contribution is -0.137. The minimum atomic E-state index is -3.29. The molecular formula is C28H29B6FN4O5. The Morgan fingerprint density at radius 1 is 1.16 bits per heavy atom. The molecule has 216 valence electrons. The van der Waals surface area contributed by atoms with E-state index in [1.165, 1.54) is 24.3 Å². The summed E-state index contributed by atoms with van der Waals surface area (Å²) in [5.74, 6) is -2.76. The maximum atomic E-state index is 14.9. The molecular weight excluding hydrogens is 556 g/mol. The maximum absolute atomic E-state index is 14.9. The number of nitrogens with zero attached hydrogens (tertiary/aromatic N) is 2. The summed E-state index contributed by atoms with van der Waals surface area (Å²) >= 11 is 0. The fourth-order valence-electron chi connectivity index (χ4n) is 5.94. The van der Waals surface area contributed by atoms with E-state index >= 15 is 0 Å². The average molecular weight is 585 g/mol. The lowest BCUT2D eigenvalue weighted by Gasteiger charge is -2.58. The highest BCUT2D eigenvalue weighted by atomic mass is 19.1. The number of hydrogen-bond donors (Lipinski definition) is 3. The van der Waals surface area contributed by atoms with Crippen LogP contribution in [0.15, 0.2) is 36.4 Å². The number of carbonyl (C=O) groups excluding carboxylic acids is 3. The number of fused-ring (bicyclic) bond motifs is 1. The van der Waals surface area contributed by atoms with Crippen molar-refractivity contribution in [1.29, 1.82) is 0 Å². The molecule has 1 saturated heterocycles. The second-order valence-electron chi connectivity index (χ2n) is 11.6. The van der Waals surface area contributed by atoms with E-state index in [-0.39, 0.29) is 41.9 Å². The van der Waals surface area contributed by atoms with E-state index in [9.17, 15) is 23.9 Å². The van der Waals surface area contributed by atoms with Crippen LogP contribution in [0.5, 0.6) is 0 Å². The number of rotatable bonds is 10. The van der Waals surface area contributed by atoms with Crippen LogP contribution in [0.25, 0.3) is 0 Å². The second kappa shape index (κ2) is 12.1. The third kappa shape index (κ3) is 5.65. The van der Waals surface area contributed by atoms with Crippen molar-refractivity contribution in [2.75, 3.05) is 25.5 Å². The number of ether oxygens (including phenoxy) is 1. The predicted octanol–water partition coefficient (Wildman–Crippen LogP) is -0.930. The van der Waals surface area contributed by atoms with Gasteiger partial charge in [0.05, 0.1) is 49.0 Å². The Balaban J connectivity index is 1.67. The van der Waals surface area contributed by atoms with E-state index in [1.807, 2.05) is 13.8 Å². The Morgan fingerprint density at radius 2 is 1.80 bits per heavy atom. The lowest BCUT2D eigenvalue weighted by atomic mass is 9.33. The molecule has 2 aliphatic rings. The van der Waals surface area contributed by atoms with Gasteiger partial charge >= 0.3 is 0 Å². The van der Waals surface area contributed by atoms with Crippen molar-refractivity contribution >= 4 is 70.9 Å². The molecule has 2 aliphatic heterocycles. The van der Waals surface area contributed by atoms with Crippen molar-refractivity contribution in [3.8, 4) is 0 Å². The Bertz CT molecular complexity index is 1450. The number of amides is 2. The summed E-state index contributed by atoms with van der Waals surface area (Å²) in [6, 6.07) is 9.23. The highest BCUT2D eigenvalue weighted by Crippen LogP contribution is 2.48. The lowest BCUT2D eigenvalue weighted by Crippen LogP contribution is -2.78. The van der Waals surface area contributed by atoms with Gasteiger partial charge in [-0.2, -0.15) is 0 Å². The molecule has 0 spiro atoms. The van der Waals surface area contributed by atoms with E-state index in [1.54, 1.807) is 12.1 Å². The molecule has 4 unspecified atom stereocenters. The smallest absolute Gasteiger partial charge is 0.253 e. The first-order valence-electron chi connectivity index (χ1n) is 13.9. The molecule has 4 atom stereocenters. The van der Waals surface area contributed by atoms with E-state index in [0.29, 0.717) is 17.0 Å². The molecule has 2 amide bonds. The van der Waals surface area contributed by atoms with Gasteiger partial charge in [0, 0.05) is 55.5 Å². The number of nitrogens with one attached hydrogen (secondary N) is 2. The van der Waals surface area contributed by atoms with Gasteiger partial charge in [-0.1, -0.05) is 12.1 Å². The van der Waals surface area contributed by atoms with Crippen molar-refractivity contribution in [2.45, 2.75) is 60.6 Å². The second-order valence-corrected chi connectivity index (χ2v) is 11.6. The summed E-state index contributed by atoms with van der Waals surface area (Å²) < 4.78 is 20.7. The largest absolute Gasteiger partial charge is 0.398 e. The molecule has 44 heavy (non-hydrogen) atoms. The Hall–Kier alpha value is -2.95. The van der Waals surface area contributed by atoms with Crippen molar-refractivity contribution < 1.29 is 28.6 Å². The van der Waals surface area contributed by atoms with Gasteiger partial charge in [-0.15, -0.1) is 0 Å². The molecule has 2 aromatic rings. The quantitative estimate of drug-likeness (QED) is 0.244. The maximum Gasteiger partial charge on any atom is 0.253 e. The molecule has 0 aliphatic carbocycles. The molecule has 2 heterocycles. The molecule has 2 aromatic carbocycles. The number of carbonyl (C=O) groups is 3. The molecule has 0 saturated carbocycles. The van der Waals surface area contributed by atoms with Crippen LogP contribution in [0.3, 0.4) is 0 Å². The van der Waals surface area contributed by atoms with Gasteiger partial charge in [0.2, 0.25) is 5.91 Å². The number of aliphatic hydroxyl groups is 1. The van der Waals surface area contributed by atoms with E-state index in [4.69, 9.17) is 51.8 Å². The molecule has 0 bridgehead atoms. The zero-order chi connectivity index (χ0) is 32.8. The fourth-order valence-corrected chi connectivity index (χ4v) is 5.94. The highest BCUT2D eigenvalue weighted by Gasteiger charge is 2.63. The van der Waals surface area contributed by atoms with Crippen LogP contribution in [0.4, 0.5) is 10.1 Å². The van der Waals surface area contributed by atoms with Gasteiger partial charge in [0.1, 0.15) is 27.8 Å². The first-order chi connectivity index (χ1) is 20.4. The summed E-state index contributed by atoms with van der Waals surface area (Å²) in [4.78, 5) is 41.3. The summed E-state index contributed by atoms with van der Waals surface area (Å²) in [6.07, 6.45) is 0.0210. The third-order valence-electron chi connectivity index (χ3n) is 8.11. The van der Waals surface area contributed by atoms with E-state index in [0.717, 1.165) is 25.7 Å². The molecule has 12 radical (unpaired) electrons. The number of likely N-dealkylation sites (N-methyl/N-ethyl adjacent to an activating group) is 1. The van der Waals surface area contributed by atoms with Crippen molar-refractivity contribution in [1.82, 2.24) is 15.1 Å². The number of hydrogen-bond acceptors (Lipinski definition) is 7. The van der Waals surface area contributed by atoms with Gasteiger partial charge in [-0.25, -0.2) is 4.39 Å². The first-order valence-corrected chi connectivity index (χ1v) is 13.9. The molecule has 16 heteroatoms. The SMILES string of the molecule is [B]C1([B])c2c(NCc3cc(CN4CC(C)OC(C)C4)ccc3F)cccc2C(=O)N1C([B])(C(=O)NC)C([B])(O)C([B])([B])C=O. The van der Waals surface area contributed by atoms with Crippen LogP contribution in [-0.4, -0.2) is 123 Å². The van der Waals surface area contributed by atoms with Crippen LogP contribution in [0.1, 0.15) is 40.9 Å².